The summed E-state index contributed by atoms with van der Waals surface area (Å²) < 4.78 is 1.69. The number of H-pyrrole nitrogens is 1. The maximum absolute atomic E-state index is 13.6. The molecule has 2 unspecified atom stereocenters. The Morgan fingerprint density at radius 3 is 2.90 bits per heavy atom. The van der Waals surface area contributed by atoms with Crippen molar-refractivity contribution in [3.63, 3.8) is 0 Å². The number of likely N-dealkylation sites (tertiary alicyclic amines) is 1. The van der Waals surface area contributed by atoms with Crippen LogP contribution < -0.4 is 5.32 Å². The molecule has 6 rings (SSSR count). The predicted octanol–water partition coefficient (Wildman–Crippen LogP) is 2.17. The van der Waals surface area contributed by atoms with Crippen LogP contribution in [-0.4, -0.2) is 48.2 Å². The number of amides is 2. The average molecular weight is 413 g/mol. The van der Waals surface area contributed by atoms with Crippen molar-refractivity contribution in [2.75, 3.05) is 11.9 Å². The van der Waals surface area contributed by atoms with Gasteiger partial charge in [-0.15, -0.1) is 0 Å². The third-order valence-electron chi connectivity index (χ3n) is 6.41. The highest BCUT2D eigenvalue weighted by molar-refractivity contribution is 6.08. The Labute approximate surface area is 177 Å². The van der Waals surface area contributed by atoms with Gasteiger partial charge in [-0.1, -0.05) is 18.2 Å². The van der Waals surface area contributed by atoms with Crippen LogP contribution in [-0.2, 0) is 17.3 Å². The molecule has 31 heavy (non-hydrogen) atoms. The van der Waals surface area contributed by atoms with Crippen LogP contribution >= 0.6 is 0 Å². The molecule has 154 valence electrons. The average Bonchev–Trinajstić information content (AvgIpc) is 3.54. The van der Waals surface area contributed by atoms with Gasteiger partial charge in [-0.2, -0.15) is 10.2 Å². The molecule has 5 heterocycles. The third kappa shape index (κ3) is 2.40. The summed E-state index contributed by atoms with van der Waals surface area (Å²) >= 11 is 0. The number of anilines is 1. The van der Waals surface area contributed by atoms with Crippen molar-refractivity contribution in [1.82, 2.24) is 29.9 Å². The van der Waals surface area contributed by atoms with E-state index in [2.05, 4.69) is 25.6 Å². The number of pyridine rings is 1. The summed E-state index contributed by atoms with van der Waals surface area (Å²) in [5, 5.41) is 15.0. The van der Waals surface area contributed by atoms with Gasteiger partial charge >= 0.3 is 0 Å². The summed E-state index contributed by atoms with van der Waals surface area (Å²) in [7, 11) is 1.83. The first-order chi connectivity index (χ1) is 15.1. The molecule has 3 aromatic heterocycles. The van der Waals surface area contributed by atoms with Crippen LogP contribution in [0.4, 0.5) is 5.69 Å². The maximum Gasteiger partial charge on any atom is 0.273 e. The standard InChI is InChI=1S/C22H19N7O2/c1-28-12-14(11-24-28)18-22(15-4-2-3-5-16(15)26-21(22)31)8-9-29(18)20(30)17-7-6-13-10-23-27-19(13)25-17/h2-7,10-12,18H,8-9H2,1H3,(H,26,31)(H,23,25,27). The molecule has 1 fully saturated rings. The number of aromatic nitrogens is 5. The molecule has 1 spiro atoms. The van der Waals surface area contributed by atoms with E-state index in [1.54, 1.807) is 28.0 Å². The second-order valence-corrected chi connectivity index (χ2v) is 8.07. The molecule has 0 aliphatic carbocycles. The van der Waals surface area contributed by atoms with Gasteiger partial charge in [-0.05, 0) is 30.2 Å². The number of aromatic amines is 1. The summed E-state index contributed by atoms with van der Waals surface area (Å²) in [6.45, 7) is 0.433. The normalized spacial score (nSPS) is 22.3. The molecular weight excluding hydrogens is 394 g/mol. The lowest BCUT2D eigenvalue weighted by atomic mass is 9.73. The van der Waals surface area contributed by atoms with E-state index in [0.717, 1.165) is 22.2 Å². The molecule has 9 heteroatoms. The number of rotatable bonds is 2. The zero-order valence-corrected chi connectivity index (χ0v) is 16.7. The van der Waals surface area contributed by atoms with E-state index in [1.165, 1.54) is 0 Å². The Morgan fingerprint density at radius 2 is 2.06 bits per heavy atom. The zero-order chi connectivity index (χ0) is 21.2. The molecule has 2 amide bonds. The van der Waals surface area contributed by atoms with Crippen LogP contribution in [0.1, 0.15) is 34.1 Å². The molecule has 0 radical (unpaired) electrons. The lowest BCUT2D eigenvalue weighted by molar-refractivity contribution is -0.121. The molecular formula is C22H19N7O2. The van der Waals surface area contributed by atoms with Gasteiger partial charge in [0, 0.05) is 36.4 Å². The number of hydrogen-bond donors (Lipinski definition) is 2. The quantitative estimate of drug-likeness (QED) is 0.524. The van der Waals surface area contributed by atoms with Crippen LogP contribution in [0.15, 0.2) is 55.0 Å². The number of nitrogens with one attached hydrogen (secondary N) is 2. The van der Waals surface area contributed by atoms with Crippen molar-refractivity contribution in [2.24, 2.45) is 7.05 Å². The monoisotopic (exact) mass is 413 g/mol. The molecule has 2 N–H and O–H groups in total. The fourth-order valence-corrected chi connectivity index (χ4v) is 5.04. The molecule has 4 aromatic rings. The summed E-state index contributed by atoms with van der Waals surface area (Å²) in [6, 6.07) is 10.7. The lowest BCUT2D eigenvalue weighted by Crippen LogP contribution is -2.42. The van der Waals surface area contributed by atoms with Crippen molar-refractivity contribution >= 4 is 28.5 Å². The Morgan fingerprint density at radius 1 is 1.19 bits per heavy atom. The summed E-state index contributed by atoms with van der Waals surface area (Å²) in [5.74, 6) is -0.311. The molecule has 9 nitrogen and oxygen atoms in total. The minimum absolute atomic E-state index is 0.0881. The number of benzene rings is 1. The number of nitrogens with zero attached hydrogens (tertiary/aromatic N) is 5. The molecule has 2 aliphatic heterocycles. The minimum atomic E-state index is -0.868. The van der Waals surface area contributed by atoms with Gasteiger partial charge in [0.2, 0.25) is 5.91 Å². The highest BCUT2D eigenvalue weighted by atomic mass is 16.2. The van der Waals surface area contributed by atoms with E-state index in [1.807, 2.05) is 43.6 Å². The molecule has 1 saturated heterocycles. The number of para-hydroxylation sites is 1. The zero-order valence-electron chi connectivity index (χ0n) is 16.7. The number of hydrogen-bond acceptors (Lipinski definition) is 5. The highest BCUT2D eigenvalue weighted by Gasteiger charge is 2.59. The summed E-state index contributed by atoms with van der Waals surface area (Å²) in [6.07, 6.45) is 5.79. The maximum atomic E-state index is 13.6. The first kappa shape index (κ1) is 17.8. The van der Waals surface area contributed by atoms with E-state index >= 15 is 0 Å². The Hall–Kier alpha value is -4.01. The van der Waals surface area contributed by atoms with Crippen LogP contribution in [0.3, 0.4) is 0 Å². The van der Waals surface area contributed by atoms with Gasteiger partial charge in [0.1, 0.15) is 11.1 Å². The SMILES string of the molecule is Cn1cc(C2N(C(=O)c3ccc4cn[nH]c4n3)CCC23C(=O)Nc2ccccc23)cn1. The van der Waals surface area contributed by atoms with Gasteiger partial charge in [0.05, 0.1) is 18.4 Å². The van der Waals surface area contributed by atoms with Gasteiger partial charge in [-0.25, -0.2) is 4.98 Å². The van der Waals surface area contributed by atoms with Crippen LogP contribution in [0.2, 0.25) is 0 Å². The minimum Gasteiger partial charge on any atom is -0.329 e. The highest BCUT2D eigenvalue weighted by Crippen LogP contribution is 2.54. The molecule has 0 saturated carbocycles. The van der Waals surface area contributed by atoms with Crippen LogP contribution in [0, 0.1) is 0 Å². The van der Waals surface area contributed by atoms with Crippen molar-refractivity contribution in [3.05, 3.63) is 71.8 Å². The second-order valence-electron chi connectivity index (χ2n) is 8.07. The molecule has 2 atom stereocenters. The van der Waals surface area contributed by atoms with E-state index in [4.69, 9.17) is 0 Å². The molecule has 2 aliphatic rings. The third-order valence-corrected chi connectivity index (χ3v) is 6.41. The van der Waals surface area contributed by atoms with Gasteiger partial charge in [0.15, 0.2) is 5.65 Å². The fourth-order valence-electron chi connectivity index (χ4n) is 5.04. The second kappa shape index (κ2) is 6.24. The van der Waals surface area contributed by atoms with Gasteiger partial charge in [0.25, 0.3) is 5.91 Å². The Bertz CT molecular complexity index is 1360. The summed E-state index contributed by atoms with van der Waals surface area (Å²) in [4.78, 5) is 33.2. The van der Waals surface area contributed by atoms with Gasteiger partial charge < -0.3 is 10.2 Å². The number of aryl methyl sites for hydroxylation is 1. The van der Waals surface area contributed by atoms with Crippen molar-refractivity contribution in [3.8, 4) is 0 Å². The van der Waals surface area contributed by atoms with E-state index in [-0.39, 0.29) is 11.8 Å². The largest absolute Gasteiger partial charge is 0.329 e. The topological polar surface area (TPSA) is 109 Å². The van der Waals surface area contributed by atoms with E-state index in [9.17, 15) is 9.59 Å². The van der Waals surface area contributed by atoms with Crippen molar-refractivity contribution in [2.45, 2.75) is 17.9 Å². The van der Waals surface area contributed by atoms with Crippen LogP contribution in [0.5, 0.6) is 0 Å². The van der Waals surface area contributed by atoms with Crippen molar-refractivity contribution < 1.29 is 9.59 Å². The number of fused-ring (bicyclic) bond motifs is 3. The van der Waals surface area contributed by atoms with E-state index in [0.29, 0.717) is 24.3 Å². The van der Waals surface area contributed by atoms with Crippen LogP contribution in [0.25, 0.3) is 11.0 Å². The Kier molecular flexibility index (Phi) is 3.59. The number of carbonyl (C=O) groups excluding carboxylic acids is 2. The Balaban J connectivity index is 1.50. The fraction of sp³-hybridized carbons (Fsp3) is 0.227. The first-order valence-electron chi connectivity index (χ1n) is 10.1. The summed E-state index contributed by atoms with van der Waals surface area (Å²) in [5.41, 5.74) is 2.54. The lowest BCUT2D eigenvalue weighted by Gasteiger charge is -2.33. The van der Waals surface area contributed by atoms with Crippen molar-refractivity contribution in [1.29, 1.82) is 0 Å². The molecule has 0 bridgehead atoms. The molecule has 1 aromatic carbocycles. The smallest absolute Gasteiger partial charge is 0.273 e. The first-order valence-corrected chi connectivity index (χ1v) is 10.1. The predicted molar refractivity (Wildman–Crippen MR) is 112 cm³/mol. The van der Waals surface area contributed by atoms with Gasteiger partial charge in [-0.3, -0.25) is 19.4 Å². The van der Waals surface area contributed by atoms with E-state index < -0.39 is 11.5 Å². The number of carbonyl (C=O) groups is 2.